The highest BCUT2D eigenvalue weighted by Crippen LogP contribution is 2.37. The molecule has 0 N–H and O–H groups in total. The SMILES string of the molecule is N#Cc1cccc(-c2ccc(-c3ccc(-c4ccc(-c5nc(-c6ccccc6)nc(-c6ccccc6)n5)cc4)c4ccccc34)cc2)c1. The van der Waals surface area contributed by atoms with Crippen molar-refractivity contribution in [2.45, 2.75) is 0 Å². The lowest BCUT2D eigenvalue weighted by atomic mass is 9.91. The van der Waals surface area contributed by atoms with Crippen LogP contribution in [0.4, 0.5) is 0 Å². The quantitative estimate of drug-likeness (QED) is 0.187. The fraction of sp³-hybridized carbons (Fsp3) is 0. The first kappa shape index (κ1) is 28.8. The maximum Gasteiger partial charge on any atom is 0.164 e. The third-order valence-electron chi connectivity index (χ3n) is 8.60. The topological polar surface area (TPSA) is 62.5 Å². The van der Waals surface area contributed by atoms with Crippen molar-refractivity contribution in [3.05, 3.63) is 175 Å². The molecule has 4 nitrogen and oxygen atoms in total. The maximum atomic E-state index is 9.31. The summed E-state index contributed by atoms with van der Waals surface area (Å²) < 4.78 is 0. The van der Waals surface area contributed by atoms with E-state index in [1.165, 1.54) is 16.3 Å². The number of nitriles is 1. The zero-order valence-corrected chi connectivity index (χ0v) is 26.0. The second-order valence-corrected chi connectivity index (χ2v) is 11.6. The Balaban J connectivity index is 1.15. The van der Waals surface area contributed by atoms with Gasteiger partial charge in [-0.2, -0.15) is 5.26 Å². The van der Waals surface area contributed by atoms with Crippen LogP contribution in [0, 0.1) is 11.3 Å². The molecule has 0 bridgehead atoms. The van der Waals surface area contributed by atoms with Gasteiger partial charge in [-0.1, -0.05) is 158 Å². The highest BCUT2D eigenvalue weighted by Gasteiger charge is 2.14. The molecule has 4 heteroatoms. The third kappa shape index (κ3) is 5.62. The smallest absolute Gasteiger partial charge is 0.164 e. The van der Waals surface area contributed by atoms with Crippen molar-refractivity contribution in [3.8, 4) is 73.6 Å². The maximum absolute atomic E-state index is 9.31. The van der Waals surface area contributed by atoms with Crippen LogP contribution >= 0.6 is 0 Å². The van der Waals surface area contributed by atoms with Crippen LogP contribution < -0.4 is 0 Å². The minimum Gasteiger partial charge on any atom is -0.208 e. The van der Waals surface area contributed by atoms with Gasteiger partial charge < -0.3 is 0 Å². The van der Waals surface area contributed by atoms with Crippen molar-refractivity contribution in [2.75, 3.05) is 0 Å². The van der Waals surface area contributed by atoms with Crippen molar-refractivity contribution < 1.29 is 0 Å². The summed E-state index contributed by atoms with van der Waals surface area (Å²) in [4.78, 5) is 14.6. The normalized spacial score (nSPS) is 10.9. The first-order valence-electron chi connectivity index (χ1n) is 15.8. The minimum absolute atomic E-state index is 0.636. The van der Waals surface area contributed by atoms with Gasteiger partial charge in [-0.05, 0) is 56.3 Å². The molecule has 0 atom stereocenters. The summed E-state index contributed by atoms with van der Waals surface area (Å²) in [6, 6.07) is 60.1. The van der Waals surface area contributed by atoms with Gasteiger partial charge in [0, 0.05) is 16.7 Å². The molecule has 224 valence electrons. The molecule has 7 aromatic carbocycles. The van der Waals surface area contributed by atoms with Crippen LogP contribution in [-0.2, 0) is 0 Å². The number of nitrogens with zero attached hydrogens (tertiary/aromatic N) is 4. The second kappa shape index (κ2) is 12.6. The highest BCUT2D eigenvalue weighted by molar-refractivity contribution is 6.05. The van der Waals surface area contributed by atoms with Gasteiger partial charge >= 0.3 is 0 Å². The van der Waals surface area contributed by atoms with E-state index in [0.717, 1.165) is 44.5 Å². The Bertz CT molecular complexity index is 2370. The Morgan fingerprint density at radius 2 is 0.729 bits per heavy atom. The summed E-state index contributed by atoms with van der Waals surface area (Å²) >= 11 is 0. The number of hydrogen-bond donors (Lipinski definition) is 0. The van der Waals surface area contributed by atoms with Crippen LogP contribution in [0.1, 0.15) is 5.56 Å². The molecule has 48 heavy (non-hydrogen) atoms. The number of fused-ring (bicyclic) bond motifs is 1. The zero-order chi connectivity index (χ0) is 32.3. The molecule has 8 aromatic rings. The zero-order valence-electron chi connectivity index (χ0n) is 26.0. The van der Waals surface area contributed by atoms with Crippen molar-refractivity contribution in [1.29, 1.82) is 5.26 Å². The Labute approximate surface area is 279 Å². The standard InChI is InChI=1S/C44H28N4/c45-29-30-10-9-15-37(28-30)31-18-20-32(21-19-31)38-26-27-39(41-17-8-7-16-40(38)41)33-22-24-36(25-23-33)44-47-42(34-11-3-1-4-12-34)46-43(48-44)35-13-5-2-6-14-35/h1-28H. The fourth-order valence-electron chi connectivity index (χ4n) is 6.15. The molecular weight excluding hydrogens is 585 g/mol. The van der Waals surface area contributed by atoms with Crippen molar-refractivity contribution in [3.63, 3.8) is 0 Å². The molecule has 0 amide bonds. The van der Waals surface area contributed by atoms with Gasteiger partial charge in [-0.3, -0.25) is 0 Å². The summed E-state index contributed by atoms with van der Waals surface area (Å²) in [6.07, 6.45) is 0. The van der Waals surface area contributed by atoms with E-state index in [1.54, 1.807) is 0 Å². The fourth-order valence-corrected chi connectivity index (χ4v) is 6.15. The van der Waals surface area contributed by atoms with Crippen molar-refractivity contribution in [2.24, 2.45) is 0 Å². The van der Waals surface area contributed by atoms with Crippen LogP contribution in [0.2, 0.25) is 0 Å². The summed E-state index contributed by atoms with van der Waals surface area (Å²) in [7, 11) is 0. The van der Waals surface area contributed by atoms with E-state index in [0.29, 0.717) is 23.0 Å². The average Bonchev–Trinajstić information content (AvgIpc) is 3.18. The Hall–Kier alpha value is -6.70. The molecule has 0 unspecified atom stereocenters. The third-order valence-corrected chi connectivity index (χ3v) is 8.60. The number of hydrogen-bond acceptors (Lipinski definition) is 4. The molecule has 0 spiro atoms. The molecule has 0 saturated carbocycles. The van der Waals surface area contributed by atoms with E-state index >= 15 is 0 Å². The summed E-state index contributed by atoms with van der Waals surface area (Å²) in [5, 5.41) is 11.7. The molecule has 0 fully saturated rings. The van der Waals surface area contributed by atoms with E-state index in [9.17, 15) is 5.26 Å². The van der Waals surface area contributed by atoms with Crippen LogP contribution in [0.25, 0.3) is 78.3 Å². The van der Waals surface area contributed by atoms with E-state index < -0.39 is 0 Å². The second-order valence-electron chi connectivity index (χ2n) is 11.6. The Morgan fingerprint density at radius 1 is 0.333 bits per heavy atom. The predicted molar refractivity (Wildman–Crippen MR) is 195 cm³/mol. The van der Waals surface area contributed by atoms with Crippen molar-refractivity contribution in [1.82, 2.24) is 15.0 Å². The molecule has 0 radical (unpaired) electrons. The highest BCUT2D eigenvalue weighted by atomic mass is 15.0. The number of aromatic nitrogens is 3. The first-order valence-corrected chi connectivity index (χ1v) is 15.8. The summed E-state index contributed by atoms with van der Waals surface area (Å²) in [5.74, 6) is 1.93. The Kier molecular flexibility index (Phi) is 7.54. The summed E-state index contributed by atoms with van der Waals surface area (Å²) in [5.41, 5.74) is 10.2. The van der Waals surface area contributed by atoms with Crippen LogP contribution in [0.3, 0.4) is 0 Å². The van der Waals surface area contributed by atoms with Gasteiger partial charge in [0.25, 0.3) is 0 Å². The van der Waals surface area contributed by atoms with E-state index in [4.69, 9.17) is 15.0 Å². The molecule has 0 aliphatic heterocycles. The lowest BCUT2D eigenvalue weighted by molar-refractivity contribution is 1.07. The minimum atomic E-state index is 0.636. The van der Waals surface area contributed by atoms with Gasteiger partial charge in [0.05, 0.1) is 11.6 Å². The molecule has 0 saturated heterocycles. The van der Waals surface area contributed by atoms with Gasteiger partial charge in [0.15, 0.2) is 17.5 Å². The molecule has 0 aliphatic carbocycles. The van der Waals surface area contributed by atoms with Gasteiger partial charge in [0.2, 0.25) is 0 Å². The molecule has 1 aromatic heterocycles. The molecule has 0 aliphatic rings. The van der Waals surface area contributed by atoms with E-state index in [2.05, 4.69) is 91.0 Å². The van der Waals surface area contributed by atoms with Gasteiger partial charge in [-0.15, -0.1) is 0 Å². The van der Waals surface area contributed by atoms with Gasteiger partial charge in [-0.25, -0.2) is 15.0 Å². The van der Waals surface area contributed by atoms with E-state index in [1.807, 2.05) is 84.9 Å². The lowest BCUT2D eigenvalue weighted by Crippen LogP contribution is -2.00. The van der Waals surface area contributed by atoms with Gasteiger partial charge in [0.1, 0.15) is 0 Å². The lowest BCUT2D eigenvalue weighted by Gasteiger charge is -2.13. The average molecular weight is 613 g/mol. The number of rotatable bonds is 6. The van der Waals surface area contributed by atoms with Crippen LogP contribution in [0.15, 0.2) is 170 Å². The molecule has 8 rings (SSSR count). The molecule has 1 heterocycles. The first-order chi connectivity index (χ1) is 23.7. The van der Waals surface area contributed by atoms with E-state index in [-0.39, 0.29) is 0 Å². The predicted octanol–water partition coefficient (Wildman–Crippen LogP) is 10.9. The summed E-state index contributed by atoms with van der Waals surface area (Å²) in [6.45, 7) is 0. The largest absolute Gasteiger partial charge is 0.208 e. The van der Waals surface area contributed by atoms with Crippen LogP contribution in [-0.4, -0.2) is 15.0 Å². The van der Waals surface area contributed by atoms with Crippen LogP contribution in [0.5, 0.6) is 0 Å². The number of benzene rings is 7. The van der Waals surface area contributed by atoms with Crippen molar-refractivity contribution >= 4 is 10.8 Å². The molecular formula is C44H28N4. The monoisotopic (exact) mass is 612 g/mol. The Morgan fingerprint density at radius 3 is 1.21 bits per heavy atom.